The second-order valence-corrected chi connectivity index (χ2v) is 5.52. The summed E-state index contributed by atoms with van der Waals surface area (Å²) in [5.74, 6) is 0.0904. The SMILES string of the molecule is CCNC1(C(=O)O)CCCC(Oc2ccccc2C)C1. The zero-order chi connectivity index (χ0) is 14.6. The fraction of sp³-hybridized carbons (Fsp3) is 0.562. The molecule has 0 radical (unpaired) electrons. The second kappa shape index (κ2) is 6.27. The van der Waals surface area contributed by atoms with Crippen molar-refractivity contribution < 1.29 is 14.6 Å². The second-order valence-electron chi connectivity index (χ2n) is 5.52. The number of aryl methyl sites for hydroxylation is 1. The third kappa shape index (κ3) is 3.12. The largest absolute Gasteiger partial charge is 0.490 e. The van der Waals surface area contributed by atoms with E-state index in [1.165, 1.54) is 0 Å². The standard InChI is InChI=1S/C16H23NO3/c1-3-17-16(15(18)19)10-6-8-13(11-16)20-14-9-5-4-7-12(14)2/h4-5,7,9,13,17H,3,6,8,10-11H2,1-2H3,(H,18,19). The molecule has 2 atom stereocenters. The molecular formula is C16H23NO3. The van der Waals surface area contributed by atoms with Crippen molar-refractivity contribution in [3.05, 3.63) is 29.8 Å². The number of aliphatic carboxylic acids is 1. The molecule has 2 N–H and O–H groups in total. The van der Waals surface area contributed by atoms with Crippen LogP contribution in [0.2, 0.25) is 0 Å². The van der Waals surface area contributed by atoms with Gasteiger partial charge in [0, 0.05) is 6.42 Å². The van der Waals surface area contributed by atoms with Gasteiger partial charge in [-0.25, -0.2) is 0 Å². The van der Waals surface area contributed by atoms with Crippen LogP contribution in [-0.4, -0.2) is 29.3 Å². The summed E-state index contributed by atoms with van der Waals surface area (Å²) in [6.07, 6.45) is 2.93. The van der Waals surface area contributed by atoms with E-state index in [9.17, 15) is 9.90 Å². The summed E-state index contributed by atoms with van der Waals surface area (Å²) in [5.41, 5.74) is 0.253. The fourth-order valence-electron chi connectivity index (χ4n) is 2.96. The van der Waals surface area contributed by atoms with E-state index in [4.69, 9.17) is 4.74 Å². The highest BCUT2D eigenvalue weighted by molar-refractivity contribution is 5.79. The van der Waals surface area contributed by atoms with E-state index in [0.717, 1.165) is 24.2 Å². The molecule has 2 unspecified atom stereocenters. The summed E-state index contributed by atoms with van der Waals surface area (Å²) < 4.78 is 6.03. The van der Waals surface area contributed by atoms with Crippen LogP contribution in [0, 0.1) is 6.92 Å². The molecule has 4 nitrogen and oxygen atoms in total. The lowest BCUT2D eigenvalue weighted by molar-refractivity contribution is -0.147. The number of ether oxygens (including phenoxy) is 1. The molecule has 0 amide bonds. The molecule has 1 aromatic carbocycles. The summed E-state index contributed by atoms with van der Waals surface area (Å²) in [6.45, 7) is 4.60. The van der Waals surface area contributed by atoms with Crippen LogP contribution in [0.5, 0.6) is 5.75 Å². The van der Waals surface area contributed by atoms with Gasteiger partial charge in [0.2, 0.25) is 0 Å². The number of hydrogen-bond donors (Lipinski definition) is 2. The maximum Gasteiger partial charge on any atom is 0.324 e. The van der Waals surface area contributed by atoms with Gasteiger partial charge < -0.3 is 15.2 Å². The third-order valence-corrected chi connectivity index (χ3v) is 4.02. The highest BCUT2D eigenvalue weighted by Gasteiger charge is 2.43. The lowest BCUT2D eigenvalue weighted by Gasteiger charge is -2.38. The van der Waals surface area contributed by atoms with Crippen LogP contribution in [0.1, 0.15) is 38.2 Å². The van der Waals surface area contributed by atoms with Crippen molar-refractivity contribution in [2.45, 2.75) is 51.2 Å². The topological polar surface area (TPSA) is 58.6 Å². The maximum absolute atomic E-state index is 11.6. The molecule has 4 heteroatoms. The lowest BCUT2D eigenvalue weighted by Crippen LogP contribution is -2.56. The lowest BCUT2D eigenvalue weighted by atomic mass is 9.80. The van der Waals surface area contributed by atoms with Crippen LogP contribution >= 0.6 is 0 Å². The minimum Gasteiger partial charge on any atom is -0.490 e. The van der Waals surface area contributed by atoms with Crippen molar-refractivity contribution in [1.29, 1.82) is 0 Å². The molecule has 0 aromatic heterocycles. The maximum atomic E-state index is 11.6. The Bertz CT molecular complexity index is 471. The number of nitrogens with one attached hydrogen (secondary N) is 1. The van der Waals surface area contributed by atoms with Gasteiger partial charge in [0.05, 0.1) is 0 Å². The molecule has 0 saturated heterocycles. The number of likely N-dealkylation sites (N-methyl/N-ethyl adjacent to an activating group) is 1. The van der Waals surface area contributed by atoms with Crippen LogP contribution in [0.3, 0.4) is 0 Å². The Morgan fingerprint density at radius 2 is 2.25 bits per heavy atom. The minimum absolute atomic E-state index is 0.0417. The van der Waals surface area contributed by atoms with Crippen molar-refractivity contribution in [2.75, 3.05) is 6.54 Å². The normalized spacial score (nSPS) is 26.2. The Kier molecular flexibility index (Phi) is 4.65. The molecule has 1 aliphatic rings. The smallest absolute Gasteiger partial charge is 0.324 e. The molecule has 1 saturated carbocycles. The first-order valence-corrected chi connectivity index (χ1v) is 7.28. The molecule has 0 aliphatic heterocycles. The van der Waals surface area contributed by atoms with E-state index < -0.39 is 11.5 Å². The number of hydrogen-bond acceptors (Lipinski definition) is 3. The van der Waals surface area contributed by atoms with Gasteiger partial charge >= 0.3 is 5.97 Å². The van der Waals surface area contributed by atoms with Gasteiger partial charge in [0.25, 0.3) is 0 Å². The highest BCUT2D eigenvalue weighted by atomic mass is 16.5. The third-order valence-electron chi connectivity index (χ3n) is 4.02. The number of benzene rings is 1. The molecule has 20 heavy (non-hydrogen) atoms. The van der Waals surface area contributed by atoms with Crippen LogP contribution in [-0.2, 0) is 4.79 Å². The first-order chi connectivity index (χ1) is 9.57. The summed E-state index contributed by atoms with van der Waals surface area (Å²) in [4.78, 5) is 11.6. The van der Waals surface area contributed by atoms with Crippen molar-refractivity contribution in [1.82, 2.24) is 5.32 Å². The highest BCUT2D eigenvalue weighted by Crippen LogP contribution is 2.32. The molecule has 110 valence electrons. The zero-order valence-electron chi connectivity index (χ0n) is 12.2. The van der Waals surface area contributed by atoms with E-state index in [1.54, 1.807) is 0 Å². The molecule has 1 fully saturated rings. The Morgan fingerprint density at radius 3 is 2.90 bits per heavy atom. The molecule has 0 heterocycles. The van der Waals surface area contributed by atoms with Crippen molar-refractivity contribution in [2.24, 2.45) is 0 Å². The summed E-state index contributed by atoms with van der Waals surface area (Å²) >= 11 is 0. The first-order valence-electron chi connectivity index (χ1n) is 7.28. The summed E-state index contributed by atoms with van der Waals surface area (Å²) in [7, 11) is 0. The van der Waals surface area contributed by atoms with Gasteiger partial charge in [-0.1, -0.05) is 25.1 Å². The van der Waals surface area contributed by atoms with Crippen LogP contribution in [0.4, 0.5) is 0 Å². The average molecular weight is 277 g/mol. The number of carbonyl (C=O) groups is 1. The van der Waals surface area contributed by atoms with Gasteiger partial charge in [-0.15, -0.1) is 0 Å². The number of para-hydroxylation sites is 1. The van der Waals surface area contributed by atoms with Crippen LogP contribution in [0.15, 0.2) is 24.3 Å². The van der Waals surface area contributed by atoms with Crippen molar-refractivity contribution in [3.8, 4) is 5.75 Å². The van der Waals surface area contributed by atoms with E-state index >= 15 is 0 Å². The summed E-state index contributed by atoms with van der Waals surface area (Å²) in [6, 6.07) is 7.87. The Hall–Kier alpha value is -1.55. The summed E-state index contributed by atoms with van der Waals surface area (Å²) in [5, 5.41) is 12.7. The van der Waals surface area contributed by atoms with E-state index in [-0.39, 0.29) is 6.10 Å². The van der Waals surface area contributed by atoms with Gasteiger partial charge in [0.1, 0.15) is 17.4 Å². The average Bonchev–Trinajstić information content (AvgIpc) is 2.42. The quantitative estimate of drug-likeness (QED) is 0.869. The molecule has 0 bridgehead atoms. The molecule has 1 aromatic rings. The van der Waals surface area contributed by atoms with E-state index in [2.05, 4.69) is 5.32 Å². The van der Waals surface area contributed by atoms with Gasteiger partial charge in [-0.3, -0.25) is 4.79 Å². The number of carboxylic acids is 1. The Labute approximate surface area is 120 Å². The van der Waals surface area contributed by atoms with Gasteiger partial charge in [-0.2, -0.15) is 0 Å². The Balaban J connectivity index is 2.10. The first kappa shape index (κ1) is 14.9. The zero-order valence-corrected chi connectivity index (χ0v) is 12.2. The molecule has 0 spiro atoms. The molecule has 2 rings (SSSR count). The van der Waals surface area contributed by atoms with E-state index in [0.29, 0.717) is 19.4 Å². The van der Waals surface area contributed by atoms with Crippen LogP contribution < -0.4 is 10.1 Å². The van der Waals surface area contributed by atoms with Crippen molar-refractivity contribution in [3.63, 3.8) is 0 Å². The van der Waals surface area contributed by atoms with E-state index in [1.807, 2.05) is 38.1 Å². The molecular weight excluding hydrogens is 254 g/mol. The van der Waals surface area contributed by atoms with Gasteiger partial charge in [-0.05, 0) is 44.4 Å². The molecule has 1 aliphatic carbocycles. The minimum atomic E-state index is -0.833. The number of carboxylic acid groups (broad SMARTS) is 1. The predicted octanol–water partition coefficient (Wildman–Crippen LogP) is 2.75. The Morgan fingerprint density at radius 1 is 1.50 bits per heavy atom. The predicted molar refractivity (Wildman–Crippen MR) is 78.1 cm³/mol. The number of rotatable bonds is 5. The van der Waals surface area contributed by atoms with Crippen molar-refractivity contribution >= 4 is 5.97 Å². The monoisotopic (exact) mass is 277 g/mol. The van der Waals surface area contributed by atoms with Crippen LogP contribution in [0.25, 0.3) is 0 Å². The van der Waals surface area contributed by atoms with Gasteiger partial charge in [0.15, 0.2) is 0 Å². The fourth-order valence-corrected chi connectivity index (χ4v) is 2.96.